The van der Waals surface area contributed by atoms with Crippen molar-refractivity contribution in [1.29, 1.82) is 0 Å². The molecule has 18 heavy (non-hydrogen) atoms. The van der Waals surface area contributed by atoms with Crippen molar-refractivity contribution in [2.24, 2.45) is 0 Å². The molecule has 2 rings (SSSR count). The Morgan fingerprint density at radius 2 is 1.89 bits per heavy atom. The summed E-state index contributed by atoms with van der Waals surface area (Å²) in [5.74, 6) is 1.58. The van der Waals surface area contributed by atoms with Crippen LogP contribution in [-0.4, -0.2) is 23.1 Å². The zero-order chi connectivity index (χ0) is 12.8. The molecule has 0 radical (unpaired) electrons. The maximum Gasteiger partial charge on any atom is 0.224 e. The Hall–Kier alpha value is -2.10. The molecule has 0 aliphatic carbocycles. The largest absolute Gasteiger partial charge is 0.354 e. The number of nitrogens with one attached hydrogen (secondary N) is 1. The summed E-state index contributed by atoms with van der Waals surface area (Å²) in [5.41, 5.74) is 1.14. The lowest BCUT2D eigenvalue weighted by Crippen LogP contribution is -2.18. The normalized spacial score (nSPS) is 10.1. The van der Waals surface area contributed by atoms with Gasteiger partial charge in [-0.3, -0.25) is 0 Å². The first-order chi connectivity index (χ1) is 8.85. The lowest BCUT2D eigenvalue weighted by atomic mass is 10.3. The van der Waals surface area contributed by atoms with Gasteiger partial charge in [0.2, 0.25) is 5.95 Å². The molecule has 0 spiro atoms. The average Bonchev–Trinajstić information content (AvgIpc) is 2.42. The van der Waals surface area contributed by atoms with E-state index in [0.717, 1.165) is 24.6 Å². The highest BCUT2D eigenvalue weighted by molar-refractivity contribution is 5.60. The lowest BCUT2D eigenvalue weighted by molar-refractivity contribution is 0.971. The number of rotatable bonds is 5. The summed E-state index contributed by atoms with van der Waals surface area (Å²) in [7, 11) is 0. The zero-order valence-corrected chi connectivity index (χ0v) is 10.8. The van der Waals surface area contributed by atoms with Crippen LogP contribution < -0.4 is 10.2 Å². The molecule has 4 nitrogen and oxygen atoms in total. The SMILES string of the molecule is CCNc1nccc(N(CC)c2ccccc2)n1. The smallest absolute Gasteiger partial charge is 0.224 e. The third-order valence-electron chi connectivity index (χ3n) is 2.64. The van der Waals surface area contributed by atoms with E-state index in [9.17, 15) is 0 Å². The van der Waals surface area contributed by atoms with Gasteiger partial charge in [0, 0.05) is 25.0 Å². The van der Waals surface area contributed by atoms with Crippen LogP contribution >= 0.6 is 0 Å². The van der Waals surface area contributed by atoms with Gasteiger partial charge in [-0.1, -0.05) is 18.2 Å². The Balaban J connectivity index is 2.30. The van der Waals surface area contributed by atoms with Crippen LogP contribution in [0.15, 0.2) is 42.6 Å². The predicted octanol–water partition coefficient (Wildman–Crippen LogP) is 3.07. The summed E-state index contributed by atoms with van der Waals surface area (Å²) in [6, 6.07) is 12.2. The van der Waals surface area contributed by atoms with Crippen LogP contribution in [0, 0.1) is 0 Å². The maximum atomic E-state index is 4.51. The molecule has 0 fully saturated rings. The van der Waals surface area contributed by atoms with Gasteiger partial charge < -0.3 is 10.2 Å². The summed E-state index contributed by atoms with van der Waals surface area (Å²) in [4.78, 5) is 10.9. The first-order valence-electron chi connectivity index (χ1n) is 6.24. The van der Waals surface area contributed by atoms with Crippen molar-refractivity contribution in [1.82, 2.24) is 9.97 Å². The topological polar surface area (TPSA) is 41.1 Å². The van der Waals surface area contributed by atoms with E-state index in [1.165, 1.54) is 0 Å². The molecule has 0 bridgehead atoms. The van der Waals surface area contributed by atoms with Crippen LogP contribution in [0.2, 0.25) is 0 Å². The molecule has 1 N–H and O–H groups in total. The van der Waals surface area contributed by atoms with Gasteiger partial charge in [0.1, 0.15) is 5.82 Å². The summed E-state index contributed by atoms with van der Waals surface area (Å²) in [6.07, 6.45) is 1.78. The second-order valence-electron chi connectivity index (χ2n) is 3.85. The highest BCUT2D eigenvalue weighted by Crippen LogP contribution is 2.22. The van der Waals surface area contributed by atoms with Gasteiger partial charge in [-0.25, -0.2) is 4.98 Å². The van der Waals surface area contributed by atoms with E-state index in [1.807, 2.05) is 31.2 Å². The highest BCUT2D eigenvalue weighted by Gasteiger charge is 2.08. The van der Waals surface area contributed by atoms with E-state index in [1.54, 1.807) is 6.20 Å². The average molecular weight is 242 g/mol. The number of anilines is 3. The fourth-order valence-electron chi connectivity index (χ4n) is 1.83. The first kappa shape index (κ1) is 12.4. The summed E-state index contributed by atoms with van der Waals surface area (Å²) in [5, 5.41) is 3.13. The Bertz CT molecular complexity index is 484. The minimum absolute atomic E-state index is 0.671. The van der Waals surface area contributed by atoms with Crippen molar-refractivity contribution in [2.45, 2.75) is 13.8 Å². The van der Waals surface area contributed by atoms with Crippen molar-refractivity contribution >= 4 is 17.5 Å². The predicted molar refractivity (Wildman–Crippen MR) is 75.3 cm³/mol. The molecule has 0 aliphatic rings. The van der Waals surface area contributed by atoms with Crippen molar-refractivity contribution < 1.29 is 0 Å². The molecule has 0 amide bonds. The van der Waals surface area contributed by atoms with Gasteiger partial charge >= 0.3 is 0 Å². The monoisotopic (exact) mass is 242 g/mol. The second kappa shape index (κ2) is 6.00. The van der Waals surface area contributed by atoms with Gasteiger partial charge in [0.25, 0.3) is 0 Å². The molecule has 2 aromatic rings. The Kier molecular flexibility index (Phi) is 4.12. The van der Waals surface area contributed by atoms with Gasteiger partial charge in [0.15, 0.2) is 0 Å². The van der Waals surface area contributed by atoms with Crippen molar-refractivity contribution in [3.63, 3.8) is 0 Å². The number of para-hydroxylation sites is 1. The lowest BCUT2D eigenvalue weighted by Gasteiger charge is -2.22. The highest BCUT2D eigenvalue weighted by atomic mass is 15.2. The van der Waals surface area contributed by atoms with Crippen molar-refractivity contribution in [3.8, 4) is 0 Å². The number of aromatic nitrogens is 2. The third kappa shape index (κ3) is 2.77. The van der Waals surface area contributed by atoms with E-state index in [2.05, 4.69) is 39.2 Å². The van der Waals surface area contributed by atoms with Crippen LogP contribution in [0.3, 0.4) is 0 Å². The van der Waals surface area contributed by atoms with Crippen LogP contribution in [0.25, 0.3) is 0 Å². The van der Waals surface area contributed by atoms with Crippen LogP contribution in [-0.2, 0) is 0 Å². The maximum absolute atomic E-state index is 4.51. The Morgan fingerprint density at radius 1 is 1.11 bits per heavy atom. The summed E-state index contributed by atoms with van der Waals surface area (Å²) in [6.45, 7) is 5.83. The van der Waals surface area contributed by atoms with Gasteiger partial charge in [-0.2, -0.15) is 4.98 Å². The molecule has 0 aliphatic heterocycles. The fraction of sp³-hybridized carbons (Fsp3) is 0.286. The molecule has 0 saturated heterocycles. The van der Waals surface area contributed by atoms with E-state index < -0.39 is 0 Å². The van der Waals surface area contributed by atoms with E-state index >= 15 is 0 Å². The quantitative estimate of drug-likeness (QED) is 0.874. The Morgan fingerprint density at radius 3 is 2.56 bits per heavy atom. The van der Waals surface area contributed by atoms with Crippen LogP contribution in [0.1, 0.15) is 13.8 Å². The zero-order valence-electron chi connectivity index (χ0n) is 10.8. The van der Waals surface area contributed by atoms with Crippen LogP contribution in [0.5, 0.6) is 0 Å². The number of hydrogen-bond donors (Lipinski definition) is 1. The Labute approximate surface area is 108 Å². The third-order valence-corrected chi connectivity index (χ3v) is 2.64. The fourth-order valence-corrected chi connectivity index (χ4v) is 1.83. The second-order valence-corrected chi connectivity index (χ2v) is 3.85. The number of benzene rings is 1. The van der Waals surface area contributed by atoms with Crippen molar-refractivity contribution in [2.75, 3.05) is 23.3 Å². The molecule has 4 heteroatoms. The minimum Gasteiger partial charge on any atom is -0.354 e. The molecular weight excluding hydrogens is 224 g/mol. The molecule has 1 heterocycles. The summed E-state index contributed by atoms with van der Waals surface area (Å²) < 4.78 is 0. The van der Waals surface area contributed by atoms with E-state index in [0.29, 0.717) is 5.95 Å². The number of nitrogens with zero attached hydrogens (tertiary/aromatic N) is 3. The first-order valence-corrected chi connectivity index (χ1v) is 6.24. The minimum atomic E-state index is 0.671. The molecule has 1 aromatic heterocycles. The molecule has 0 atom stereocenters. The van der Waals surface area contributed by atoms with Gasteiger partial charge in [-0.15, -0.1) is 0 Å². The van der Waals surface area contributed by atoms with E-state index in [-0.39, 0.29) is 0 Å². The van der Waals surface area contributed by atoms with Gasteiger partial charge in [-0.05, 0) is 32.0 Å². The molecule has 0 unspecified atom stereocenters. The van der Waals surface area contributed by atoms with Crippen LogP contribution in [0.4, 0.5) is 17.5 Å². The van der Waals surface area contributed by atoms with Gasteiger partial charge in [0.05, 0.1) is 0 Å². The van der Waals surface area contributed by atoms with Crippen molar-refractivity contribution in [3.05, 3.63) is 42.6 Å². The van der Waals surface area contributed by atoms with E-state index in [4.69, 9.17) is 0 Å². The molecule has 94 valence electrons. The molecule has 0 saturated carbocycles. The standard InChI is InChI=1S/C14H18N4/c1-3-15-14-16-11-10-13(17-14)18(4-2)12-8-6-5-7-9-12/h5-11H,3-4H2,1-2H3,(H,15,16,17). The number of hydrogen-bond acceptors (Lipinski definition) is 4. The molecule has 1 aromatic carbocycles. The summed E-state index contributed by atoms with van der Waals surface area (Å²) >= 11 is 0. The molecular formula is C14H18N4.